The van der Waals surface area contributed by atoms with E-state index in [2.05, 4.69) is 10.3 Å². The lowest BCUT2D eigenvalue weighted by Crippen LogP contribution is -2.16. The number of rotatable bonds is 6. The number of para-hydroxylation sites is 1. The van der Waals surface area contributed by atoms with Crippen molar-refractivity contribution < 1.29 is 9.13 Å². The molecule has 1 saturated carbocycles. The van der Waals surface area contributed by atoms with Crippen molar-refractivity contribution in [1.29, 1.82) is 0 Å². The van der Waals surface area contributed by atoms with Gasteiger partial charge in [0.2, 0.25) is 0 Å². The van der Waals surface area contributed by atoms with Gasteiger partial charge in [0.15, 0.2) is 11.6 Å². The van der Waals surface area contributed by atoms with Gasteiger partial charge >= 0.3 is 0 Å². The van der Waals surface area contributed by atoms with E-state index >= 15 is 0 Å². The highest BCUT2D eigenvalue weighted by molar-refractivity contribution is 5.35. The first kappa shape index (κ1) is 13.1. The minimum atomic E-state index is -0.311. The smallest absolute Gasteiger partial charge is 0.165 e. The normalized spacial score (nSPS) is 14.2. The number of pyridine rings is 1. The summed E-state index contributed by atoms with van der Waals surface area (Å²) in [6.45, 7) is 0.994. The van der Waals surface area contributed by atoms with Gasteiger partial charge in [-0.15, -0.1) is 0 Å². The average Bonchev–Trinajstić information content (AvgIpc) is 3.29. The van der Waals surface area contributed by atoms with Gasteiger partial charge in [-0.3, -0.25) is 4.98 Å². The molecule has 1 aromatic heterocycles. The molecule has 3 rings (SSSR count). The molecule has 1 aliphatic rings. The Morgan fingerprint density at radius 3 is 2.75 bits per heavy atom. The quantitative estimate of drug-likeness (QED) is 0.877. The molecular formula is C16H17FN2O. The summed E-state index contributed by atoms with van der Waals surface area (Å²) in [6.07, 6.45) is 5.83. The second kappa shape index (κ2) is 6.01. The van der Waals surface area contributed by atoms with Crippen LogP contribution in [0.5, 0.6) is 5.75 Å². The van der Waals surface area contributed by atoms with Gasteiger partial charge in [0.25, 0.3) is 0 Å². The van der Waals surface area contributed by atoms with Crippen LogP contribution in [0, 0.1) is 5.82 Å². The molecule has 20 heavy (non-hydrogen) atoms. The van der Waals surface area contributed by atoms with Gasteiger partial charge in [-0.05, 0) is 36.6 Å². The average molecular weight is 272 g/mol. The molecule has 0 spiro atoms. The van der Waals surface area contributed by atoms with Gasteiger partial charge in [0, 0.05) is 30.5 Å². The van der Waals surface area contributed by atoms with Crippen molar-refractivity contribution in [3.63, 3.8) is 0 Å². The van der Waals surface area contributed by atoms with Crippen molar-refractivity contribution in [2.75, 3.05) is 0 Å². The number of nitrogens with zero attached hydrogens (tertiary/aromatic N) is 1. The SMILES string of the molecule is Fc1cccc(CNC2CC2)c1OCc1ccncc1. The minimum absolute atomic E-state index is 0.311. The zero-order valence-electron chi connectivity index (χ0n) is 11.2. The van der Waals surface area contributed by atoms with E-state index < -0.39 is 0 Å². The second-order valence-electron chi connectivity index (χ2n) is 5.03. The molecule has 1 fully saturated rings. The zero-order chi connectivity index (χ0) is 13.8. The minimum Gasteiger partial charge on any atom is -0.485 e. The molecule has 0 radical (unpaired) electrons. The van der Waals surface area contributed by atoms with E-state index in [1.165, 1.54) is 18.9 Å². The van der Waals surface area contributed by atoms with Crippen LogP contribution >= 0.6 is 0 Å². The Kier molecular flexibility index (Phi) is 3.92. The van der Waals surface area contributed by atoms with E-state index in [0.717, 1.165) is 11.1 Å². The number of benzene rings is 1. The van der Waals surface area contributed by atoms with E-state index in [4.69, 9.17) is 4.74 Å². The lowest BCUT2D eigenvalue weighted by Gasteiger charge is -2.13. The fraction of sp³-hybridized carbons (Fsp3) is 0.312. The molecular weight excluding hydrogens is 255 g/mol. The fourth-order valence-corrected chi connectivity index (χ4v) is 2.03. The lowest BCUT2D eigenvalue weighted by molar-refractivity contribution is 0.286. The topological polar surface area (TPSA) is 34.1 Å². The van der Waals surface area contributed by atoms with Crippen molar-refractivity contribution in [3.05, 3.63) is 59.7 Å². The van der Waals surface area contributed by atoms with Gasteiger partial charge in [-0.2, -0.15) is 0 Å². The fourth-order valence-electron chi connectivity index (χ4n) is 2.03. The molecule has 0 aliphatic heterocycles. The molecule has 0 amide bonds. The largest absolute Gasteiger partial charge is 0.485 e. The summed E-state index contributed by atoms with van der Waals surface area (Å²) < 4.78 is 19.6. The summed E-state index contributed by atoms with van der Waals surface area (Å²) >= 11 is 0. The van der Waals surface area contributed by atoms with Crippen LogP contribution in [0.3, 0.4) is 0 Å². The highest BCUT2D eigenvalue weighted by Crippen LogP contribution is 2.25. The highest BCUT2D eigenvalue weighted by Gasteiger charge is 2.21. The predicted molar refractivity (Wildman–Crippen MR) is 74.8 cm³/mol. The van der Waals surface area contributed by atoms with E-state index in [9.17, 15) is 4.39 Å². The highest BCUT2D eigenvalue weighted by atomic mass is 19.1. The number of halogens is 1. The second-order valence-corrected chi connectivity index (χ2v) is 5.03. The summed E-state index contributed by atoms with van der Waals surface area (Å²) in [4.78, 5) is 3.95. The van der Waals surface area contributed by atoms with Crippen LogP contribution in [0.2, 0.25) is 0 Å². The first-order valence-corrected chi connectivity index (χ1v) is 6.85. The number of hydrogen-bond donors (Lipinski definition) is 1. The van der Waals surface area contributed by atoms with Gasteiger partial charge < -0.3 is 10.1 Å². The predicted octanol–water partition coefficient (Wildman–Crippen LogP) is 3.05. The maximum Gasteiger partial charge on any atom is 0.165 e. The number of nitrogens with one attached hydrogen (secondary N) is 1. The zero-order valence-corrected chi connectivity index (χ0v) is 11.2. The molecule has 0 atom stereocenters. The summed E-state index contributed by atoms with van der Waals surface area (Å²) in [5.41, 5.74) is 1.84. The van der Waals surface area contributed by atoms with E-state index in [0.29, 0.717) is 24.9 Å². The van der Waals surface area contributed by atoms with E-state index in [1.807, 2.05) is 18.2 Å². The van der Waals surface area contributed by atoms with Crippen molar-refractivity contribution in [3.8, 4) is 5.75 Å². The Balaban J connectivity index is 1.69. The van der Waals surface area contributed by atoms with E-state index in [-0.39, 0.29) is 5.82 Å². The number of ether oxygens (including phenoxy) is 1. The summed E-state index contributed by atoms with van der Waals surface area (Å²) in [6, 6.07) is 9.37. The first-order valence-electron chi connectivity index (χ1n) is 6.85. The van der Waals surface area contributed by atoms with Crippen LogP contribution in [-0.4, -0.2) is 11.0 Å². The molecule has 1 aliphatic carbocycles. The Bertz CT molecular complexity index is 570. The van der Waals surface area contributed by atoms with Crippen LogP contribution in [0.1, 0.15) is 24.0 Å². The van der Waals surface area contributed by atoms with Crippen molar-refractivity contribution in [2.24, 2.45) is 0 Å². The van der Waals surface area contributed by atoms with Gasteiger partial charge in [-0.25, -0.2) is 4.39 Å². The van der Waals surface area contributed by atoms with Crippen LogP contribution < -0.4 is 10.1 Å². The Morgan fingerprint density at radius 1 is 1.20 bits per heavy atom. The Labute approximate surface area is 117 Å². The third-order valence-electron chi connectivity index (χ3n) is 3.34. The third-order valence-corrected chi connectivity index (χ3v) is 3.34. The van der Waals surface area contributed by atoms with Crippen LogP contribution in [0.25, 0.3) is 0 Å². The van der Waals surface area contributed by atoms with Crippen molar-refractivity contribution >= 4 is 0 Å². The summed E-state index contributed by atoms with van der Waals surface area (Å²) in [7, 11) is 0. The van der Waals surface area contributed by atoms with Crippen LogP contribution in [-0.2, 0) is 13.2 Å². The Morgan fingerprint density at radius 2 is 2.00 bits per heavy atom. The Hall–Kier alpha value is -1.94. The molecule has 0 saturated heterocycles. The molecule has 1 heterocycles. The van der Waals surface area contributed by atoms with Crippen molar-refractivity contribution in [2.45, 2.75) is 32.0 Å². The molecule has 2 aromatic rings. The van der Waals surface area contributed by atoms with Crippen LogP contribution in [0.4, 0.5) is 4.39 Å². The van der Waals surface area contributed by atoms with Crippen LogP contribution in [0.15, 0.2) is 42.7 Å². The molecule has 1 aromatic carbocycles. The summed E-state index contributed by atoms with van der Waals surface area (Å²) in [5, 5.41) is 3.38. The molecule has 3 nitrogen and oxygen atoms in total. The van der Waals surface area contributed by atoms with Gasteiger partial charge in [-0.1, -0.05) is 12.1 Å². The standard InChI is InChI=1S/C16H17FN2O/c17-15-3-1-2-13(10-19-14-4-5-14)16(15)20-11-12-6-8-18-9-7-12/h1-3,6-9,14,19H,4-5,10-11H2. The first-order chi connectivity index (χ1) is 9.83. The van der Waals surface area contributed by atoms with Crippen molar-refractivity contribution in [1.82, 2.24) is 10.3 Å². The van der Waals surface area contributed by atoms with Gasteiger partial charge in [0.1, 0.15) is 6.61 Å². The molecule has 1 N–H and O–H groups in total. The number of aromatic nitrogens is 1. The molecule has 104 valence electrons. The third kappa shape index (κ3) is 3.33. The maximum atomic E-state index is 13.9. The maximum absolute atomic E-state index is 13.9. The molecule has 0 unspecified atom stereocenters. The molecule has 4 heteroatoms. The molecule has 0 bridgehead atoms. The van der Waals surface area contributed by atoms with Gasteiger partial charge in [0.05, 0.1) is 0 Å². The van der Waals surface area contributed by atoms with E-state index in [1.54, 1.807) is 18.5 Å². The monoisotopic (exact) mass is 272 g/mol. The number of hydrogen-bond acceptors (Lipinski definition) is 3. The lowest BCUT2D eigenvalue weighted by atomic mass is 10.2. The summed E-state index contributed by atoms with van der Waals surface area (Å²) in [5.74, 6) is 0.0339.